The number of aryl methyl sites for hydroxylation is 1. The van der Waals surface area contributed by atoms with Crippen molar-refractivity contribution in [3.05, 3.63) is 41.1 Å². The normalized spacial score (nSPS) is 23.7. The van der Waals surface area contributed by atoms with Crippen LogP contribution in [0.5, 0.6) is 0 Å². The lowest BCUT2D eigenvalue weighted by Crippen LogP contribution is -2.66. The highest BCUT2D eigenvalue weighted by atomic mass is 32.2. The summed E-state index contributed by atoms with van der Waals surface area (Å²) in [5, 5.41) is 0. The highest BCUT2D eigenvalue weighted by Crippen LogP contribution is 2.52. The van der Waals surface area contributed by atoms with Gasteiger partial charge in [0.25, 0.3) is 5.91 Å². The zero-order chi connectivity index (χ0) is 24.1. The molecule has 2 aliphatic rings. The molecule has 6 nitrogen and oxygen atoms in total. The van der Waals surface area contributed by atoms with E-state index in [1.54, 1.807) is 25.5 Å². The van der Waals surface area contributed by atoms with E-state index >= 15 is 0 Å². The summed E-state index contributed by atoms with van der Waals surface area (Å²) < 4.78 is 71.6. The number of nitrogens with zero attached hydrogens (tertiary/aromatic N) is 1. The van der Waals surface area contributed by atoms with Crippen molar-refractivity contribution in [2.45, 2.75) is 70.0 Å². The van der Waals surface area contributed by atoms with E-state index < -0.39 is 49.3 Å². The number of carbonyl (C=O) groups excluding carboxylic acids is 2. The zero-order valence-electron chi connectivity index (χ0n) is 18.5. The molecule has 1 aromatic carbocycles. The summed E-state index contributed by atoms with van der Waals surface area (Å²) in [5.41, 5.74) is -4.41. The lowest BCUT2D eigenvalue weighted by atomic mass is 9.72. The molecule has 0 radical (unpaired) electrons. The Morgan fingerprint density at radius 2 is 1.69 bits per heavy atom. The largest absolute Gasteiger partial charge is 0.421 e. The molecular formula is C22H27F3N2O4S. The smallest absolute Gasteiger partial charge is 0.313 e. The number of benzene rings is 1. The number of allylic oxidation sites excluding steroid dienone is 1. The second-order valence-electron chi connectivity index (χ2n) is 9.24. The Morgan fingerprint density at radius 1 is 1.09 bits per heavy atom. The van der Waals surface area contributed by atoms with Crippen LogP contribution >= 0.6 is 0 Å². The molecule has 0 saturated heterocycles. The van der Waals surface area contributed by atoms with Gasteiger partial charge < -0.3 is 4.90 Å². The number of hydrogen-bond acceptors (Lipinski definition) is 4. The van der Waals surface area contributed by atoms with Gasteiger partial charge in [-0.1, -0.05) is 44.9 Å². The SMILES string of the molecule is CCCCN1C(=O)[C@@](NS(=O)(=O)c2ccc(C)cc2)(C(F)(F)F)C2=C1CC(C)(C)CC2=O. The van der Waals surface area contributed by atoms with Crippen LogP contribution in [0.1, 0.15) is 52.0 Å². The number of halogens is 3. The molecule has 0 unspecified atom stereocenters. The highest BCUT2D eigenvalue weighted by molar-refractivity contribution is 7.89. The number of alkyl halides is 3. The summed E-state index contributed by atoms with van der Waals surface area (Å²) >= 11 is 0. The standard InChI is InChI=1S/C22H27F3N2O4S/c1-5-6-11-27-16-12-20(3,4)13-17(28)18(16)21(19(27)29,22(23,24)25)26-32(30,31)15-9-7-14(2)8-10-15/h7-10,26H,5-6,11-13H2,1-4H3/t21-/m1/s1. The first-order valence-corrected chi connectivity index (χ1v) is 11.9. The first kappa shape index (κ1) is 24.4. The predicted octanol–water partition coefficient (Wildman–Crippen LogP) is 3.86. The van der Waals surface area contributed by atoms with E-state index in [1.165, 1.54) is 12.1 Å². The van der Waals surface area contributed by atoms with Gasteiger partial charge in [-0.05, 0) is 37.3 Å². The second kappa shape index (κ2) is 7.98. The Kier molecular flexibility index (Phi) is 6.10. The van der Waals surface area contributed by atoms with Crippen LogP contribution in [0.3, 0.4) is 0 Å². The van der Waals surface area contributed by atoms with Crippen molar-refractivity contribution in [3.63, 3.8) is 0 Å². The Hall–Kier alpha value is -2.20. The highest BCUT2D eigenvalue weighted by Gasteiger charge is 2.72. The number of ketones is 1. The Morgan fingerprint density at radius 3 is 2.22 bits per heavy atom. The van der Waals surface area contributed by atoms with Gasteiger partial charge in [0, 0.05) is 18.7 Å². The molecule has 1 atom stereocenters. The van der Waals surface area contributed by atoms with Crippen molar-refractivity contribution < 1.29 is 31.2 Å². The van der Waals surface area contributed by atoms with Crippen molar-refractivity contribution in [3.8, 4) is 0 Å². The van der Waals surface area contributed by atoms with E-state index in [4.69, 9.17) is 0 Å². The molecule has 1 amide bonds. The van der Waals surface area contributed by atoms with Crippen LogP contribution in [-0.4, -0.2) is 43.3 Å². The molecule has 3 rings (SSSR count). The summed E-state index contributed by atoms with van der Waals surface area (Å²) in [5.74, 6) is -2.34. The maximum absolute atomic E-state index is 14.6. The average Bonchev–Trinajstić information content (AvgIpc) is 2.87. The van der Waals surface area contributed by atoms with Gasteiger partial charge >= 0.3 is 6.18 Å². The van der Waals surface area contributed by atoms with E-state index in [0.717, 1.165) is 17.0 Å². The molecule has 0 fully saturated rings. The van der Waals surface area contributed by atoms with Gasteiger partial charge in [-0.2, -0.15) is 17.9 Å². The fraction of sp³-hybridized carbons (Fsp3) is 0.545. The third-order valence-electron chi connectivity index (χ3n) is 5.90. The molecule has 0 bridgehead atoms. The van der Waals surface area contributed by atoms with Gasteiger partial charge in [0.2, 0.25) is 15.6 Å². The number of Topliss-reactive ketones (excluding diaryl/α,β-unsaturated/α-hetero) is 1. The van der Waals surface area contributed by atoms with Crippen molar-refractivity contribution in [2.24, 2.45) is 5.41 Å². The quantitative estimate of drug-likeness (QED) is 0.682. The van der Waals surface area contributed by atoms with Crippen LogP contribution in [-0.2, 0) is 19.6 Å². The van der Waals surface area contributed by atoms with Crippen molar-refractivity contribution in [1.82, 2.24) is 9.62 Å². The lowest BCUT2D eigenvalue weighted by Gasteiger charge is -2.35. The molecule has 10 heteroatoms. The number of rotatable bonds is 6. The van der Waals surface area contributed by atoms with Gasteiger partial charge in [-0.3, -0.25) is 9.59 Å². The predicted molar refractivity (Wildman–Crippen MR) is 112 cm³/mol. The third-order valence-corrected chi connectivity index (χ3v) is 7.37. The molecule has 1 aliphatic carbocycles. The second-order valence-corrected chi connectivity index (χ2v) is 10.9. The summed E-state index contributed by atoms with van der Waals surface area (Å²) in [6.07, 6.45) is -4.49. The topological polar surface area (TPSA) is 83.6 Å². The Balaban J connectivity index is 2.23. The Bertz CT molecular complexity index is 1080. The van der Waals surface area contributed by atoms with E-state index in [1.807, 2.05) is 6.92 Å². The van der Waals surface area contributed by atoms with Crippen molar-refractivity contribution in [1.29, 1.82) is 0 Å². The monoisotopic (exact) mass is 472 g/mol. The van der Waals surface area contributed by atoms with Crippen molar-refractivity contribution in [2.75, 3.05) is 6.54 Å². The molecule has 176 valence electrons. The molecule has 1 N–H and O–H groups in total. The minimum absolute atomic E-state index is 0.0262. The van der Waals surface area contributed by atoms with Crippen LogP contribution in [0.15, 0.2) is 40.4 Å². The molecule has 1 aliphatic heterocycles. The van der Waals surface area contributed by atoms with E-state index in [2.05, 4.69) is 0 Å². The summed E-state index contributed by atoms with van der Waals surface area (Å²) in [4.78, 5) is 26.9. The van der Waals surface area contributed by atoms with Gasteiger partial charge in [-0.15, -0.1) is 0 Å². The molecule has 0 aromatic heterocycles. The molecular weight excluding hydrogens is 445 g/mol. The summed E-state index contributed by atoms with van der Waals surface area (Å²) in [6.45, 7) is 6.97. The molecule has 0 saturated carbocycles. The zero-order valence-corrected chi connectivity index (χ0v) is 19.3. The minimum Gasteiger partial charge on any atom is -0.313 e. The van der Waals surface area contributed by atoms with Gasteiger partial charge in [0.15, 0.2) is 5.78 Å². The number of nitrogens with one attached hydrogen (secondary N) is 1. The molecule has 1 heterocycles. The molecule has 1 aromatic rings. The van der Waals surface area contributed by atoms with Crippen LogP contribution < -0.4 is 4.72 Å². The number of amides is 1. The maximum atomic E-state index is 14.6. The third kappa shape index (κ3) is 3.98. The summed E-state index contributed by atoms with van der Waals surface area (Å²) in [7, 11) is -4.79. The molecule has 0 spiro atoms. The van der Waals surface area contributed by atoms with Crippen LogP contribution in [0.4, 0.5) is 13.2 Å². The number of sulfonamides is 1. The van der Waals surface area contributed by atoms with E-state index in [-0.39, 0.29) is 25.1 Å². The Labute approximate surface area is 185 Å². The fourth-order valence-corrected chi connectivity index (χ4v) is 5.64. The first-order valence-electron chi connectivity index (χ1n) is 10.4. The first-order chi connectivity index (χ1) is 14.7. The fourth-order valence-electron chi connectivity index (χ4n) is 4.32. The van der Waals surface area contributed by atoms with Crippen LogP contribution in [0, 0.1) is 12.3 Å². The minimum atomic E-state index is -5.36. The number of hydrogen-bond donors (Lipinski definition) is 1. The van der Waals surface area contributed by atoms with Gasteiger partial charge in [0.1, 0.15) is 0 Å². The van der Waals surface area contributed by atoms with Gasteiger partial charge in [0.05, 0.1) is 10.5 Å². The molecule has 32 heavy (non-hydrogen) atoms. The van der Waals surface area contributed by atoms with Gasteiger partial charge in [-0.25, -0.2) is 8.42 Å². The van der Waals surface area contributed by atoms with E-state index in [0.29, 0.717) is 18.4 Å². The number of carbonyl (C=O) groups is 2. The van der Waals surface area contributed by atoms with Crippen molar-refractivity contribution >= 4 is 21.7 Å². The van der Waals surface area contributed by atoms with E-state index in [9.17, 15) is 31.2 Å². The van der Waals surface area contributed by atoms with Crippen LogP contribution in [0.2, 0.25) is 0 Å². The average molecular weight is 473 g/mol. The maximum Gasteiger partial charge on any atom is 0.421 e. The summed E-state index contributed by atoms with van der Waals surface area (Å²) in [6, 6.07) is 5.21. The number of unbranched alkanes of at least 4 members (excludes halogenated alkanes) is 1. The lowest BCUT2D eigenvalue weighted by molar-refractivity contribution is -0.188. The van der Waals surface area contributed by atoms with Crippen LogP contribution in [0.25, 0.3) is 0 Å².